The zero-order chi connectivity index (χ0) is 19.6. The minimum Gasteiger partial charge on any atom is -0.494 e. The number of hydrogen-bond donors (Lipinski definition) is 2. The summed E-state index contributed by atoms with van der Waals surface area (Å²) in [4.78, 5) is 25.9. The van der Waals surface area contributed by atoms with Gasteiger partial charge in [0.1, 0.15) is 16.0 Å². The smallest absolute Gasteiger partial charge is 0.271 e. The van der Waals surface area contributed by atoms with Gasteiger partial charge in [-0.05, 0) is 54.2 Å². The number of fused-ring (bicyclic) bond motifs is 2. The predicted molar refractivity (Wildman–Crippen MR) is 109 cm³/mol. The van der Waals surface area contributed by atoms with Crippen molar-refractivity contribution in [3.63, 3.8) is 0 Å². The molecular weight excluding hydrogens is 381 g/mol. The zero-order valence-electron chi connectivity index (χ0n) is 14.9. The first kappa shape index (κ1) is 17.0. The number of hydrogen-bond acceptors (Lipinski definition) is 5. The number of ether oxygens (including phenoxy) is 1. The fraction of sp³-hybridized carbons (Fsp3) is 0.200. The van der Waals surface area contributed by atoms with E-state index in [1.165, 1.54) is 13.2 Å². The SMILES string of the molecule is COc1c(-c2ccc(F)c(N)c2)ccc2c(=O)c3c(=O)[nH]sc3n(C3CC3)c12. The number of halogens is 1. The van der Waals surface area contributed by atoms with Gasteiger partial charge in [-0.15, -0.1) is 0 Å². The molecule has 2 aromatic heterocycles. The molecule has 0 unspecified atom stereocenters. The lowest BCUT2D eigenvalue weighted by molar-refractivity contribution is 0.419. The highest BCUT2D eigenvalue weighted by atomic mass is 32.1. The molecule has 1 fully saturated rings. The summed E-state index contributed by atoms with van der Waals surface area (Å²) in [6.45, 7) is 0. The summed E-state index contributed by atoms with van der Waals surface area (Å²) in [5.41, 5.74) is 7.15. The first-order chi connectivity index (χ1) is 13.5. The summed E-state index contributed by atoms with van der Waals surface area (Å²) >= 11 is 1.16. The van der Waals surface area contributed by atoms with Crippen LogP contribution in [-0.4, -0.2) is 16.1 Å². The molecule has 3 N–H and O–H groups in total. The summed E-state index contributed by atoms with van der Waals surface area (Å²) in [7, 11) is 1.54. The molecule has 2 aromatic carbocycles. The molecule has 0 aliphatic heterocycles. The van der Waals surface area contributed by atoms with Crippen LogP contribution >= 0.6 is 11.5 Å². The van der Waals surface area contributed by atoms with E-state index in [0.29, 0.717) is 32.6 Å². The molecule has 0 atom stereocenters. The summed E-state index contributed by atoms with van der Waals surface area (Å²) in [5.74, 6) is 0.0208. The Bertz CT molecular complexity index is 1380. The van der Waals surface area contributed by atoms with Gasteiger partial charge in [0.25, 0.3) is 5.56 Å². The van der Waals surface area contributed by atoms with Gasteiger partial charge in [0.15, 0.2) is 5.75 Å². The average Bonchev–Trinajstić information content (AvgIpc) is 3.45. The van der Waals surface area contributed by atoms with Gasteiger partial charge in [-0.2, -0.15) is 0 Å². The van der Waals surface area contributed by atoms with Crippen LogP contribution in [0.15, 0.2) is 39.9 Å². The monoisotopic (exact) mass is 397 g/mol. The summed E-state index contributed by atoms with van der Waals surface area (Å²) in [5, 5.41) is 0.615. The van der Waals surface area contributed by atoms with E-state index >= 15 is 0 Å². The Morgan fingerprint density at radius 1 is 1.25 bits per heavy atom. The van der Waals surface area contributed by atoms with Crippen molar-refractivity contribution in [3.8, 4) is 16.9 Å². The van der Waals surface area contributed by atoms with E-state index in [0.717, 1.165) is 24.4 Å². The molecule has 0 spiro atoms. The van der Waals surface area contributed by atoms with E-state index in [9.17, 15) is 14.0 Å². The molecule has 1 saturated carbocycles. The van der Waals surface area contributed by atoms with Crippen LogP contribution in [0.3, 0.4) is 0 Å². The lowest BCUT2D eigenvalue weighted by Crippen LogP contribution is -2.15. The largest absolute Gasteiger partial charge is 0.494 e. The molecule has 8 heteroatoms. The summed E-state index contributed by atoms with van der Waals surface area (Å²) in [6.07, 6.45) is 1.94. The van der Waals surface area contributed by atoms with E-state index in [2.05, 4.69) is 4.37 Å². The number of methoxy groups -OCH3 is 1. The third kappa shape index (κ3) is 2.31. The molecule has 0 amide bonds. The number of nitrogens with one attached hydrogen (secondary N) is 1. The molecule has 0 radical (unpaired) electrons. The van der Waals surface area contributed by atoms with E-state index in [1.54, 1.807) is 24.3 Å². The van der Waals surface area contributed by atoms with Crippen LogP contribution in [0.1, 0.15) is 18.9 Å². The molecule has 1 aliphatic carbocycles. The molecule has 5 rings (SSSR count). The highest BCUT2D eigenvalue weighted by molar-refractivity contribution is 7.12. The predicted octanol–water partition coefficient (Wildman–Crippen LogP) is 3.64. The molecule has 28 heavy (non-hydrogen) atoms. The van der Waals surface area contributed by atoms with Gasteiger partial charge in [-0.3, -0.25) is 14.0 Å². The summed E-state index contributed by atoms with van der Waals surface area (Å²) < 4.78 is 24.1. The zero-order valence-corrected chi connectivity index (χ0v) is 15.7. The molecule has 1 aliphatic rings. The third-order valence-corrected chi connectivity index (χ3v) is 6.05. The number of pyridine rings is 1. The molecule has 2 heterocycles. The van der Waals surface area contributed by atoms with Gasteiger partial charge < -0.3 is 15.0 Å². The van der Waals surface area contributed by atoms with Gasteiger partial charge in [-0.1, -0.05) is 6.07 Å². The first-order valence-corrected chi connectivity index (χ1v) is 9.64. The van der Waals surface area contributed by atoms with Crippen LogP contribution in [0.25, 0.3) is 32.2 Å². The van der Waals surface area contributed by atoms with Crippen LogP contribution in [0.4, 0.5) is 10.1 Å². The molecular formula is C20H16FN3O3S. The standard InChI is InChI=1S/C20H16FN3O3S/c1-27-18-11(9-2-7-13(21)14(22)8-9)5-6-12-16(18)24(10-3-4-10)20-15(17(12)25)19(26)23-28-20/h2,5-8,10H,3-4,22H2,1H3,(H,23,26). The number of nitrogens with zero attached hydrogens (tertiary/aromatic N) is 1. The van der Waals surface area contributed by atoms with Crippen LogP contribution in [0.5, 0.6) is 5.75 Å². The highest BCUT2D eigenvalue weighted by Crippen LogP contribution is 2.44. The lowest BCUT2D eigenvalue weighted by atomic mass is 10.0. The van der Waals surface area contributed by atoms with E-state index < -0.39 is 5.82 Å². The number of H-pyrrole nitrogens is 1. The Labute approximate surface area is 162 Å². The minimum atomic E-state index is -0.489. The molecule has 0 bridgehead atoms. The Kier molecular flexibility index (Phi) is 3.60. The second kappa shape index (κ2) is 5.93. The van der Waals surface area contributed by atoms with E-state index in [-0.39, 0.29) is 28.1 Å². The Hall–Kier alpha value is -3.13. The number of nitrogens with two attached hydrogens (primary N) is 1. The van der Waals surface area contributed by atoms with Crippen LogP contribution in [0.2, 0.25) is 0 Å². The minimum absolute atomic E-state index is 0.0403. The second-order valence-corrected chi connectivity index (χ2v) is 7.72. The molecule has 142 valence electrons. The van der Waals surface area contributed by atoms with E-state index in [4.69, 9.17) is 10.5 Å². The van der Waals surface area contributed by atoms with Gasteiger partial charge in [-0.25, -0.2) is 4.39 Å². The maximum Gasteiger partial charge on any atom is 0.271 e. The second-order valence-electron chi connectivity index (χ2n) is 6.92. The average molecular weight is 397 g/mol. The van der Waals surface area contributed by atoms with Crippen LogP contribution in [-0.2, 0) is 0 Å². The summed E-state index contributed by atoms with van der Waals surface area (Å²) in [6, 6.07) is 8.14. The Balaban J connectivity index is 1.95. The van der Waals surface area contributed by atoms with Gasteiger partial charge >= 0.3 is 0 Å². The maximum absolute atomic E-state index is 13.6. The Morgan fingerprint density at radius 2 is 2.04 bits per heavy atom. The number of anilines is 1. The van der Waals surface area contributed by atoms with Crippen molar-refractivity contribution in [2.45, 2.75) is 18.9 Å². The van der Waals surface area contributed by atoms with Crippen molar-refractivity contribution < 1.29 is 9.13 Å². The number of nitrogen functional groups attached to an aromatic ring is 1. The maximum atomic E-state index is 13.6. The van der Waals surface area contributed by atoms with Crippen molar-refractivity contribution in [2.24, 2.45) is 0 Å². The van der Waals surface area contributed by atoms with Crippen molar-refractivity contribution in [1.29, 1.82) is 0 Å². The van der Waals surface area contributed by atoms with Gasteiger partial charge in [0.2, 0.25) is 5.43 Å². The van der Waals surface area contributed by atoms with Crippen molar-refractivity contribution in [1.82, 2.24) is 8.94 Å². The topological polar surface area (TPSA) is 90.1 Å². The highest BCUT2D eigenvalue weighted by Gasteiger charge is 2.30. The van der Waals surface area contributed by atoms with E-state index in [1.807, 2.05) is 4.57 Å². The quantitative estimate of drug-likeness (QED) is 0.517. The lowest BCUT2D eigenvalue weighted by Gasteiger charge is -2.17. The van der Waals surface area contributed by atoms with Crippen molar-refractivity contribution in [2.75, 3.05) is 12.8 Å². The third-order valence-electron chi connectivity index (χ3n) is 5.17. The molecule has 0 saturated heterocycles. The van der Waals surface area contributed by atoms with Gasteiger partial charge in [0.05, 0.1) is 23.7 Å². The molecule has 4 aromatic rings. The van der Waals surface area contributed by atoms with Gasteiger partial charge in [0, 0.05) is 11.6 Å². The van der Waals surface area contributed by atoms with Crippen LogP contribution in [0, 0.1) is 5.82 Å². The molecule has 6 nitrogen and oxygen atoms in total. The number of aromatic nitrogens is 2. The first-order valence-electron chi connectivity index (χ1n) is 8.83. The number of aromatic amines is 1. The van der Waals surface area contributed by atoms with Crippen molar-refractivity contribution in [3.05, 3.63) is 56.7 Å². The number of benzene rings is 2. The van der Waals surface area contributed by atoms with Crippen molar-refractivity contribution >= 4 is 38.3 Å². The fourth-order valence-corrected chi connectivity index (χ4v) is 4.64. The fourth-order valence-electron chi connectivity index (χ4n) is 3.72. The normalized spacial score (nSPS) is 14.1. The number of rotatable bonds is 3. The van der Waals surface area contributed by atoms with Crippen LogP contribution < -0.4 is 21.5 Å². The Morgan fingerprint density at radius 3 is 2.71 bits per heavy atom.